The van der Waals surface area contributed by atoms with Crippen LogP contribution in [0.1, 0.15) is 46.9 Å². The Hall–Kier alpha value is -1.09. The molecule has 0 spiro atoms. The predicted octanol–water partition coefficient (Wildman–Crippen LogP) is 4.38. The van der Waals surface area contributed by atoms with Crippen LogP contribution in [0.4, 0.5) is 0 Å². The molecule has 0 aliphatic heterocycles. The Balaban J connectivity index is 2.58. The molecule has 0 aliphatic rings. The number of rotatable bonds is 4. The van der Waals surface area contributed by atoms with E-state index in [2.05, 4.69) is 44.2 Å². The van der Waals surface area contributed by atoms with Gasteiger partial charge >= 0.3 is 0 Å². The molecule has 0 amide bonds. The number of alkyl halides is 1. The van der Waals surface area contributed by atoms with Crippen molar-refractivity contribution >= 4 is 22.6 Å². The van der Waals surface area contributed by atoms with Crippen molar-refractivity contribution in [3.05, 3.63) is 24.3 Å². The standard InChI is InChI=1S/C16H24ClN3/c1-15(2,3)11-16(4,5)20-13-7-9-18-10-12(13)19-14(20)6-8-17/h7,9-10H,6,8,11H2,1-5H3. The summed E-state index contributed by atoms with van der Waals surface area (Å²) in [4.78, 5) is 8.89. The lowest BCUT2D eigenvalue weighted by atomic mass is 9.81. The third-order valence-electron chi connectivity index (χ3n) is 3.41. The van der Waals surface area contributed by atoms with Gasteiger partial charge in [0.2, 0.25) is 0 Å². The highest BCUT2D eigenvalue weighted by atomic mass is 35.5. The molecule has 4 heteroatoms. The van der Waals surface area contributed by atoms with Gasteiger partial charge in [0.1, 0.15) is 11.3 Å². The minimum Gasteiger partial charge on any atom is -0.322 e. The topological polar surface area (TPSA) is 30.7 Å². The summed E-state index contributed by atoms with van der Waals surface area (Å²) in [5.41, 5.74) is 2.35. The second-order valence-corrected chi connectivity index (χ2v) is 7.59. The van der Waals surface area contributed by atoms with E-state index in [0.29, 0.717) is 5.88 Å². The Kier molecular flexibility index (Phi) is 4.10. The molecule has 0 aromatic carbocycles. The third kappa shape index (κ3) is 3.14. The van der Waals surface area contributed by atoms with E-state index >= 15 is 0 Å². The van der Waals surface area contributed by atoms with E-state index in [4.69, 9.17) is 16.6 Å². The molecule has 0 saturated heterocycles. The zero-order chi connectivity index (χ0) is 15.0. The number of hydrogen-bond donors (Lipinski definition) is 0. The van der Waals surface area contributed by atoms with Crippen molar-refractivity contribution < 1.29 is 0 Å². The summed E-state index contributed by atoms with van der Waals surface area (Å²) in [6.45, 7) is 11.4. The van der Waals surface area contributed by atoms with Gasteiger partial charge in [-0.15, -0.1) is 11.6 Å². The molecule has 2 heterocycles. The van der Waals surface area contributed by atoms with Gasteiger partial charge in [0, 0.05) is 24.0 Å². The number of halogens is 1. The third-order valence-corrected chi connectivity index (χ3v) is 3.60. The summed E-state index contributed by atoms with van der Waals surface area (Å²) in [5.74, 6) is 1.64. The quantitative estimate of drug-likeness (QED) is 0.783. The maximum Gasteiger partial charge on any atom is 0.111 e. The minimum atomic E-state index is -0.00422. The number of imidazole rings is 1. The monoisotopic (exact) mass is 293 g/mol. The van der Waals surface area contributed by atoms with Gasteiger partial charge in [0.05, 0.1) is 11.7 Å². The number of aromatic nitrogens is 3. The minimum absolute atomic E-state index is 0.00422. The molecule has 0 unspecified atom stereocenters. The SMILES string of the molecule is CC(C)(C)CC(C)(C)n1c(CCCl)nc2cnccc21. The fourth-order valence-corrected chi connectivity index (χ4v) is 3.46. The summed E-state index contributed by atoms with van der Waals surface area (Å²) in [6.07, 6.45) is 5.52. The van der Waals surface area contributed by atoms with E-state index in [1.807, 2.05) is 18.5 Å². The Labute approximate surface area is 126 Å². The number of aryl methyl sites for hydroxylation is 1. The van der Waals surface area contributed by atoms with Crippen molar-refractivity contribution in [2.45, 2.75) is 53.0 Å². The second kappa shape index (κ2) is 5.36. The molecule has 3 nitrogen and oxygen atoms in total. The van der Waals surface area contributed by atoms with Gasteiger partial charge in [-0.25, -0.2) is 4.98 Å². The highest BCUT2D eigenvalue weighted by Gasteiger charge is 2.30. The number of hydrogen-bond acceptors (Lipinski definition) is 2. The van der Waals surface area contributed by atoms with Crippen LogP contribution in [0.5, 0.6) is 0 Å². The molecule has 110 valence electrons. The number of pyridine rings is 1. The normalized spacial score (nSPS) is 13.1. The predicted molar refractivity (Wildman–Crippen MR) is 85.3 cm³/mol. The van der Waals surface area contributed by atoms with E-state index < -0.39 is 0 Å². The van der Waals surface area contributed by atoms with Crippen LogP contribution in [-0.2, 0) is 12.0 Å². The van der Waals surface area contributed by atoms with Crippen LogP contribution in [-0.4, -0.2) is 20.4 Å². The van der Waals surface area contributed by atoms with Gasteiger partial charge in [0.15, 0.2) is 0 Å². The average Bonchev–Trinajstić information content (AvgIpc) is 2.64. The lowest BCUT2D eigenvalue weighted by Gasteiger charge is -2.35. The molecular weight excluding hydrogens is 270 g/mol. The Morgan fingerprint density at radius 3 is 2.50 bits per heavy atom. The molecule has 2 rings (SSSR count). The van der Waals surface area contributed by atoms with E-state index in [-0.39, 0.29) is 11.0 Å². The van der Waals surface area contributed by atoms with Crippen molar-refractivity contribution in [1.29, 1.82) is 0 Å². The molecule has 0 aliphatic carbocycles. The van der Waals surface area contributed by atoms with Crippen molar-refractivity contribution in [2.24, 2.45) is 5.41 Å². The Bertz CT molecular complexity index is 593. The molecule has 0 radical (unpaired) electrons. The van der Waals surface area contributed by atoms with Gasteiger partial charge in [-0.1, -0.05) is 20.8 Å². The summed E-state index contributed by atoms with van der Waals surface area (Å²) in [7, 11) is 0. The van der Waals surface area contributed by atoms with Gasteiger partial charge in [-0.2, -0.15) is 0 Å². The fourth-order valence-electron chi connectivity index (χ4n) is 3.29. The summed E-state index contributed by atoms with van der Waals surface area (Å²) in [5, 5.41) is 0. The maximum atomic E-state index is 5.95. The van der Waals surface area contributed by atoms with Gasteiger partial charge in [0.25, 0.3) is 0 Å². The summed E-state index contributed by atoms with van der Waals surface area (Å²) < 4.78 is 2.34. The molecular formula is C16H24ClN3. The zero-order valence-electron chi connectivity index (χ0n) is 13.1. The van der Waals surface area contributed by atoms with Crippen molar-refractivity contribution in [3.8, 4) is 0 Å². The second-order valence-electron chi connectivity index (χ2n) is 7.22. The first-order valence-electron chi connectivity index (χ1n) is 7.12. The van der Waals surface area contributed by atoms with Crippen molar-refractivity contribution in [1.82, 2.24) is 14.5 Å². The van der Waals surface area contributed by atoms with E-state index in [9.17, 15) is 0 Å². The maximum absolute atomic E-state index is 5.95. The van der Waals surface area contributed by atoms with Crippen molar-refractivity contribution in [3.63, 3.8) is 0 Å². The highest BCUT2D eigenvalue weighted by Crippen LogP contribution is 2.35. The summed E-state index contributed by atoms with van der Waals surface area (Å²) >= 11 is 5.95. The Morgan fingerprint density at radius 2 is 1.90 bits per heavy atom. The fraction of sp³-hybridized carbons (Fsp3) is 0.625. The van der Waals surface area contributed by atoms with Gasteiger partial charge in [-0.3, -0.25) is 4.98 Å². The summed E-state index contributed by atoms with van der Waals surface area (Å²) in [6, 6.07) is 2.05. The van der Waals surface area contributed by atoms with E-state index in [1.54, 1.807) is 0 Å². The van der Waals surface area contributed by atoms with Crippen LogP contribution in [0.3, 0.4) is 0 Å². The van der Waals surface area contributed by atoms with Crippen LogP contribution in [0.25, 0.3) is 11.0 Å². The lowest BCUT2D eigenvalue weighted by molar-refractivity contribution is 0.215. The van der Waals surface area contributed by atoms with Gasteiger partial charge < -0.3 is 4.57 Å². The molecule has 20 heavy (non-hydrogen) atoms. The lowest BCUT2D eigenvalue weighted by Crippen LogP contribution is -2.32. The number of nitrogens with zero attached hydrogens (tertiary/aromatic N) is 3. The zero-order valence-corrected chi connectivity index (χ0v) is 13.8. The van der Waals surface area contributed by atoms with Crippen LogP contribution in [0.15, 0.2) is 18.5 Å². The molecule has 2 aromatic rings. The van der Waals surface area contributed by atoms with Crippen LogP contribution in [0, 0.1) is 5.41 Å². The van der Waals surface area contributed by atoms with Crippen LogP contribution >= 0.6 is 11.6 Å². The molecule has 0 atom stereocenters. The smallest absolute Gasteiger partial charge is 0.111 e. The molecule has 0 fully saturated rings. The highest BCUT2D eigenvalue weighted by molar-refractivity contribution is 6.17. The van der Waals surface area contributed by atoms with E-state index in [0.717, 1.165) is 29.7 Å². The first kappa shape index (κ1) is 15.3. The number of fused-ring (bicyclic) bond motifs is 1. The molecule has 0 N–H and O–H groups in total. The average molecular weight is 294 g/mol. The van der Waals surface area contributed by atoms with Crippen molar-refractivity contribution in [2.75, 3.05) is 5.88 Å². The first-order chi connectivity index (χ1) is 9.24. The largest absolute Gasteiger partial charge is 0.322 e. The van der Waals surface area contributed by atoms with E-state index in [1.165, 1.54) is 0 Å². The Morgan fingerprint density at radius 1 is 1.20 bits per heavy atom. The first-order valence-corrected chi connectivity index (χ1v) is 7.66. The molecule has 2 aromatic heterocycles. The van der Waals surface area contributed by atoms with Crippen LogP contribution < -0.4 is 0 Å². The van der Waals surface area contributed by atoms with Gasteiger partial charge in [-0.05, 0) is 31.7 Å². The molecule has 0 bridgehead atoms. The molecule has 0 saturated carbocycles. The van der Waals surface area contributed by atoms with Crippen LogP contribution in [0.2, 0.25) is 0 Å².